The van der Waals surface area contributed by atoms with E-state index in [1.54, 1.807) is 12.1 Å². The first-order valence-corrected chi connectivity index (χ1v) is 11.4. The maximum atomic E-state index is 9.85. The highest BCUT2D eigenvalue weighted by atomic mass is 16.3. The highest BCUT2D eigenvalue weighted by Gasteiger charge is 2.07. The van der Waals surface area contributed by atoms with E-state index in [4.69, 9.17) is 0 Å². The molecule has 0 amide bonds. The van der Waals surface area contributed by atoms with Gasteiger partial charge in [-0.1, -0.05) is 84.3 Å². The number of hydrogen-bond donors (Lipinski definition) is 2. The lowest BCUT2D eigenvalue weighted by molar-refractivity contribution is 0.389. The van der Waals surface area contributed by atoms with Crippen molar-refractivity contribution in [3.05, 3.63) is 35.4 Å². The number of hydrogen-bond acceptors (Lipinski definition) is 2. The van der Waals surface area contributed by atoms with Crippen molar-refractivity contribution in [2.45, 2.75) is 98.8 Å². The molecule has 0 radical (unpaired) electrons. The predicted octanol–water partition coefficient (Wildman–Crippen LogP) is 8.03. The van der Waals surface area contributed by atoms with E-state index in [0.29, 0.717) is 6.42 Å². The number of benzene rings is 1. The summed E-state index contributed by atoms with van der Waals surface area (Å²) >= 11 is 0. The second-order valence-corrected chi connectivity index (χ2v) is 9.43. The smallest absolute Gasteiger partial charge is 0.119 e. The molecule has 28 heavy (non-hydrogen) atoms. The molecule has 1 rings (SSSR count). The zero-order valence-electron chi connectivity index (χ0n) is 19.0. The third-order valence-electron chi connectivity index (χ3n) is 5.87. The van der Waals surface area contributed by atoms with Crippen LogP contribution < -0.4 is 0 Å². The van der Waals surface area contributed by atoms with Crippen molar-refractivity contribution >= 4 is 0 Å². The van der Waals surface area contributed by atoms with Gasteiger partial charge in [0.1, 0.15) is 11.5 Å². The molecule has 2 unspecified atom stereocenters. The highest BCUT2D eigenvalue weighted by molar-refractivity contribution is 5.39. The lowest BCUT2D eigenvalue weighted by Gasteiger charge is -2.15. The molecule has 2 atom stereocenters. The van der Waals surface area contributed by atoms with Crippen molar-refractivity contribution in [1.29, 1.82) is 0 Å². The summed E-state index contributed by atoms with van der Waals surface area (Å²) in [5.74, 6) is 3.00. The summed E-state index contributed by atoms with van der Waals surface area (Å²) in [7, 11) is 0. The minimum Gasteiger partial charge on any atom is -0.508 e. The first kappa shape index (κ1) is 24.6. The Morgan fingerprint density at radius 1 is 0.857 bits per heavy atom. The van der Waals surface area contributed by atoms with Crippen LogP contribution in [0.3, 0.4) is 0 Å². The second kappa shape index (κ2) is 13.7. The van der Waals surface area contributed by atoms with Gasteiger partial charge in [-0.25, -0.2) is 0 Å². The van der Waals surface area contributed by atoms with Crippen molar-refractivity contribution in [2.75, 3.05) is 0 Å². The fourth-order valence-electron chi connectivity index (χ4n) is 3.83. The maximum absolute atomic E-state index is 9.85. The Balaban J connectivity index is 2.16. The van der Waals surface area contributed by atoms with Gasteiger partial charge >= 0.3 is 0 Å². The normalized spacial score (nSPS) is 14.4. The molecule has 0 aliphatic carbocycles. The quantitative estimate of drug-likeness (QED) is 0.250. The fourth-order valence-corrected chi connectivity index (χ4v) is 3.83. The van der Waals surface area contributed by atoms with Gasteiger partial charge in [0.2, 0.25) is 0 Å². The number of phenolic OH excluding ortho intramolecular Hbond substituents is 2. The van der Waals surface area contributed by atoms with Crippen molar-refractivity contribution < 1.29 is 10.2 Å². The van der Waals surface area contributed by atoms with E-state index in [1.807, 2.05) is 0 Å². The Bertz CT molecular complexity index is 574. The summed E-state index contributed by atoms with van der Waals surface area (Å²) in [6.07, 6.45) is 14.8. The van der Waals surface area contributed by atoms with Crippen molar-refractivity contribution in [1.82, 2.24) is 0 Å². The molecular weight excluding hydrogens is 344 g/mol. The van der Waals surface area contributed by atoms with Gasteiger partial charge in [0.15, 0.2) is 0 Å². The molecule has 0 saturated carbocycles. The van der Waals surface area contributed by atoms with Crippen LogP contribution in [0.4, 0.5) is 0 Å². The Morgan fingerprint density at radius 3 is 2.04 bits per heavy atom. The van der Waals surface area contributed by atoms with E-state index in [2.05, 4.69) is 40.7 Å². The molecule has 0 fully saturated rings. The Labute approximate surface area is 174 Å². The van der Waals surface area contributed by atoms with Crippen molar-refractivity contribution in [3.63, 3.8) is 0 Å². The average molecular weight is 389 g/mol. The van der Waals surface area contributed by atoms with Crippen LogP contribution in [0.5, 0.6) is 11.5 Å². The number of allylic oxidation sites excluding steroid dienone is 2. The van der Waals surface area contributed by atoms with Crippen LogP contribution in [-0.4, -0.2) is 10.2 Å². The standard InChI is InChI=1S/C26H44O2/c1-20(2)9-6-10-21(3)11-7-12-22(4)13-8-14-23(5)15-16-24-19-25(27)17-18-26(24)28/h15,17-22,27-28H,6-14,16H2,1-5H3. The average Bonchev–Trinajstić information content (AvgIpc) is 2.62. The van der Waals surface area contributed by atoms with Gasteiger partial charge < -0.3 is 10.2 Å². The Kier molecular flexibility index (Phi) is 12.0. The molecule has 2 N–H and O–H groups in total. The van der Waals surface area contributed by atoms with Crippen LogP contribution in [0.2, 0.25) is 0 Å². The molecule has 1 aromatic rings. The van der Waals surface area contributed by atoms with E-state index in [0.717, 1.165) is 29.7 Å². The zero-order valence-corrected chi connectivity index (χ0v) is 19.0. The van der Waals surface area contributed by atoms with E-state index in [-0.39, 0.29) is 11.5 Å². The molecular formula is C26H44O2. The van der Waals surface area contributed by atoms with E-state index in [1.165, 1.54) is 63.0 Å². The third kappa shape index (κ3) is 11.4. The first-order chi connectivity index (χ1) is 13.3. The highest BCUT2D eigenvalue weighted by Crippen LogP contribution is 2.24. The molecule has 0 bridgehead atoms. The van der Waals surface area contributed by atoms with Crippen molar-refractivity contribution in [2.24, 2.45) is 17.8 Å². The minimum atomic E-state index is 0.210. The Morgan fingerprint density at radius 2 is 1.43 bits per heavy atom. The lowest BCUT2D eigenvalue weighted by atomic mass is 9.91. The fraction of sp³-hybridized carbons (Fsp3) is 0.692. The zero-order chi connectivity index (χ0) is 20.9. The summed E-state index contributed by atoms with van der Waals surface area (Å²) in [6, 6.07) is 4.72. The molecule has 1 aromatic carbocycles. The van der Waals surface area contributed by atoms with Crippen LogP contribution >= 0.6 is 0 Å². The molecule has 0 heterocycles. The monoisotopic (exact) mass is 388 g/mol. The van der Waals surface area contributed by atoms with Gasteiger partial charge in [0.25, 0.3) is 0 Å². The number of phenols is 2. The van der Waals surface area contributed by atoms with E-state index in [9.17, 15) is 10.2 Å². The van der Waals surface area contributed by atoms with Crippen LogP contribution in [-0.2, 0) is 6.42 Å². The van der Waals surface area contributed by atoms with Crippen molar-refractivity contribution in [3.8, 4) is 11.5 Å². The summed E-state index contributed by atoms with van der Waals surface area (Å²) < 4.78 is 0. The molecule has 0 aliphatic rings. The maximum Gasteiger partial charge on any atom is 0.119 e. The topological polar surface area (TPSA) is 40.5 Å². The molecule has 0 spiro atoms. The molecule has 0 saturated heterocycles. The summed E-state index contributed by atoms with van der Waals surface area (Å²) in [5.41, 5.74) is 2.16. The van der Waals surface area contributed by atoms with Gasteiger partial charge in [-0.05, 0) is 62.1 Å². The molecule has 0 aliphatic heterocycles. The van der Waals surface area contributed by atoms with Crippen LogP contribution in [0.25, 0.3) is 0 Å². The first-order valence-electron chi connectivity index (χ1n) is 11.4. The second-order valence-electron chi connectivity index (χ2n) is 9.43. The van der Waals surface area contributed by atoms with Crippen LogP contribution in [0, 0.1) is 17.8 Å². The summed E-state index contributed by atoms with van der Waals surface area (Å²) in [6.45, 7) is 11.6. The number of rotatable bonds is 14. The molecule has 0 aromatic heterocycles. The molecule has 160 valence electrons. The van der Waals surface area contributed by atoms with Gasteiger partial charge in [0.05, 0.1) is 0 Å². The lowest BCUT2D eigenvalue weighted by Crippen LogP contribution is -2.00. The van der Waals surface area contributed by atoms with E-state index >= 15 is 0 Å². The predicted molar refractivity (Wildman–Crippen MR) is 122 cm³/mol. The van der Waals surface area contributed by atoms with Gasteiger partial charge in [-0.15, -0.1) is 0 Å². The van der Waals surface area contributed by atoms with Crippen LogP contribution in [0.15, 0.2) is 29.8 Å². The van der Waals surface area contributed by atoms with E-state index < -0.39 is 0 Å². The largest absolute Gasteiger partial charge is 0.508 e. The Hall–Kier alpha value is -1.44. The van der Waals surface area contributed by atoms with Gasteiger partial charge in [-0.2, -0.15) is 0 Å². The van der Waals surface area contributed by atoms with Gasteiger partial charge in [0, 0.05) is 5.56 Å². The minimum absolute atomic E-state index is 0.210. The number of aromatic hydroxyl groups is 2. The SMILES string of the molecule is CC(=CCc1cc(O)ccc1O)CCCC(C)CCCC(C)CCCC(C)C. The third-order valence-corrected chi connectivity index (χ3v) is 5.87. The summed E-state index contributed by atoms with van der Waals surface area (Å²) in [5, 5.41) is 19.4. The summed E-state index contributed by atoms with van der Waals surface area (Å²) in [4.78, 5) is 0. The van der Waals surface area contributed by atoms with Crippen LogP contribution in [0.1, 0.15) is 98.0 Å². The molecule has 2 heteroatoms. The van der Waals surface area contributed by atoms with Gasteiger partial charge in [-0.3, -0.25) is 0 Å². The molecule has 2 nitrogen and oxygen atoms in total.